The Morgan fingerprint density at radius 3 is 2.70 bits per heavy atom. The Balaban J connectivity index is 1.56. The predicted octanol–water partition coefficient (Wildman–Crippen LogP) is 4.46. The van der Waals surface area contributed by atoms with E-state index in [1.165, 1.54) is 17.3 Å². The number of methoxy groups -OCH3 is 1. The lowest BCUT2D eigenvalue weighted by atomic mass is 10.2. The summed E-state index contributed by atoms with van der Waals surface area (Å²) in [5, 5.41) is 0.568. The summed E-state index contributed by atoms with van der Waals surface area (Å²) in [6, 6.07) is 22.6. The third-order valence-corrected chi connectivity index (χ3v) is 6.88. The number of anilines is 1. The van der Waals surface area contributed by atoms with E-state index in [9.17, 15) is 9.59 Å². The summed E-state index contributed by atoms with van der Waals surface area (Å²) in [7, 11) is 1.59. The quantitative estimate of drug-likeness (QED) is 0.327. The monoisotopic (exact) mass is 457 g/mol. The van der Waals surface area contributed by atoms with Gasteiger partial charge < -0.3 is 9.64 Å². The summed E-state index contributed by atoms with van der Waals surface area (Å²) in [6.45, 7) is 2.53. The van der Waals surface area contributed by atoms with Crippen LogP contribution in [0.2, 0.25) is 0 Å². The van der Waals surface area contributed by atoms with Gasteiger partial charge in [0.25, 0.3) is 5.56 Å². The van der Waals surface area contributed by atoms with Crippen LogP contribution in [-0.2, 0) is 11.2 Å². The molecule has 1 amide bonds. The largest absolute Gasteiger partial charge is 0.497 e. The fourth-order valence-corrected chi connectivity index (χ4v) is 5.15. The van der Waals surface area contributed by atoms with E-state index >= 15 is 0 Å². The minimum absolute atomic E-state index is 0.00421. The van der Waals surface area contributed by atoms with Crippen molar-refractivity contribution in [2.45, 2.75) is 23.8 Å². The van der Waals surface area contributed by atoms with Crippen molar-refractivity contribution in [2.24, 2.45) is 0 Å². The fourth-order valence-electron chi connectivity index (χ4n) is 4.16. The molecule has 5 rings (SSSR count). The first-order valence-electron chi connectivity index (χ1n) is 10.8. The van der Waals surface area contributed by atoms with Crippen molar-refractivity contribution in [2.75, 3.05) is 18.6 Å². The molecule has 1 aliphatic rings. The molecule has 1 aromatic heterocycles. The van der Waals surface area contributed by atoms with Crippen LogP contribution in [-0.4, -0.2) is 34.4 Å². The Morgan fingerprint density at radius 1 is 1.06 bits per heavy atom. The van der Waals surface area contributed by atoms with Gasteiger partial charge in [0.15, 0.2) is 5.16 Å². The van der Waals surface area contributed by atoms with E-state index in [0.29, 0.717) is 34.0 Å². The Kier molecular flexibility index (Phi) is 5.64. The van der Waals surface area contributed by atoms with Crippen LogP contribution in [0.5, 0.6) is 5.75 Å². The SMILES string of the molecule is COc1cccc(-n2c(S[C@@H](C)C(=O)N3CCc4ccccc43)nc3ccccc3c2=O)c1. The van der Waals surface area contributed by atoms with Crippen LogP contribution in [0, 0.1) is 0 Å². The van der Waals surface area contributed by atoms with Crippen molar-refractivity contribution in [3.8, 4) is 11.4 Å². The number of ether oxygens (including phenoxy) is 1. The van der Waals surface area contributed by atoms with Crippen molar-refractivity contribution in [3.63, 3.8) is 0 Å². The molecule has 33 heavy (non-hydrogen) atoms. The highest BCUT2D eigenvalue weighted by Gasteiger charge is 2.29. The maximum atomic E-state index is 13.5. The van der Waals surface area contributed by atoms with Crippen molar-refractivity contribution in [3.05, 3.63) is 88.7 Å². The van der Waals surface area contributed by atoms with E-state index < -0.39 is 5.25 Å². The molecule has 3 aromatic carbocycles. The van der Waals surface area contributed by atoms with Crippen LogP contribution in [0.4, 0.5) is 5.69 Å². The number of thioether (sulfide) groups is 1. The van der Waals surface area contributed by atoms with Crippen molar-refractivity contribution >= 4 is 34.3 Å². The van der Waals surface area contributed by atoms with Crippen molar-refractivity contribution in [1.29, 1.82) is 0 Å². The molecule has 0 radical (unpaired) electrons. The van der Waals surface area contributed by atoms with Gasteiger partial charge >= 0.3 is 0 Å². The number of rotatable bonds is 5. The molecule has 1 atom stereocenters. The Hall–Kier alpha value is -3.58. The molecule has 0 saturated heterocycles. The van der Waals surface area contributed by atoms with Crippen molar-refractivity contribution < 1.29 is 9.53 Å². The highest BCUT2D eigenvalue weighted by molar-refractivity contribution is 8.00. The van der Waals surface area contributed by atoms with Gasteiger partial charge in [-0.2, -0.15) is 0 Å². The van der Waals surface area contributed by atoms with Gasteiger partial charge in [-0.1, -0.05) is 48.2 Å². The molecule has 2 heterocycles. The lowest BCUT2D eigenvalue weighted by Crippen LogP contribution is -2.35. The molecule has 0 bridgehead atoms. The van der Waals surface area contributed by atoms with Gasteiger partial charge in [0, 0.05) is 18.3 Å². The predicted molar refractivity (Wildman–Crippen MR) is 132 cm³/mol. The summed E-state index contributed by atoms with van der Waals surface area (Å²) < 4.78 is 6.93. The molecular weight excluding hydrogens is 434 g/mol. The van der Waals surface area contributed by atoms with Gasteiger partial charge in [-0.25, -0.2) is 4.98 Å². The molecule has 7 heteroatoms. The summed E-state index contributed by atoms with van der Waals surface area (Å²) in [4.78, 5) is 33.5. The van der Waals surface area contributed by atoms with Crippen LogP contribution < -0.4 is 15.2 Å². The minimum Gasteiger partial charge on any atom is -0.497 e. The van der Waals surface area contributed by atoms with Gasteiger partial charge in [-0.15, -0.1) is 0 Å². The molecule has 0 N–H and O–H groups in total. The molecule has 4 aromatic rings. The number of aromatic nitrogens is 2. The van der Waals surface area contributed by atoms with E-state index in [-0.39, 0.29) is 11.5 Å². The Bertz CT molecular complexity index is 1420. The summed E-state index contributed by atoms with van der Waals surface area (Å²) in [5.41, 5.74) is 3.22. The number of hydrogen-bond acceptors (Lipinski definition) is 5. The van der Waals surface area contributed by atoms with E-state index in [0.717, 1.165) is 12.1 Å². The number of carbonyl (C=O) groups excluding carboxylic acids is 1. The van der Waals surface area contributed by atoms with Gasteiger partial charge in [-0.05, 0) is 49.2 Å². The summed E-state index contributed by atoms with van der Waals surface area (Å²) >= 11 is 1.30. The smallest absolute Gasteiger partial charge is 0.266 e. The van der Waals surface area contributed by atoms with Crippen LogP contribution in [0.25, 0.3) is 16.6 Å². The molecule has 1 aliphatic heterocycles. The highest BCUT2D eigenvalue weighted by Crippen LogP contribution is 2.32. The first kappa shape index (κ1) is 21.3. The number of nitrogens with zero attached hydrogens (tertiary/aromatic N) is 3. The number of para-hydroxylation sites is 2. The zero-order valence-corrected chi connectivity index (χ0v) is 19.2. The highest BCUT2D eigenvalue weighted by atomic mass is 32.2. The molecule has 0 unspecified atom stereocenters. The lowest BCUT2D eigenvalue weighted by Gasteiger charge is -2.22. The topological polar surface area (TPSA) is 64.4 Å². The average molecular weight is 458 g/mol. The second-order valence-corrected chi connectivity index (χ2v) is 9.19. The van der Waals surface area contributed by atoms with E-state index in [4.69, 9.17) is 9.72 Å². The van der Waals surface area contributed by atoms with E-state index in [1.54, 1.807) is 23.8 Å². The normalized spacial score (nSPS) is 13.7. The van der Waals surface area contributed by atoms with E-state index in [2.05, 4.69) is 6.07 Å². The van der Waals surface area contributed by atoms with Crippen LogP contribution >= 0.6 is 11.8 Å². The zero-order chi connectivity index (χ0) is 22.9. The van der Waals surface area contributed by atoms with Gasteiger partial charge in [-0.3, -0.25) is 14.2 Å². The van der Waals surface area contributed by atoms with E-state index in [1.807, 2.05) is 66.4 Å². The number of carbonyl (C=O) groups is 1. The second kappa shape index (κ2) is 8.75. The maximum Gasteiger partial charge on any atom is 0.266 e. The number of fused-ring (bicyclic) bond motifs is 2. The number of amides is 1. The van der Waals surface area contributed by atoms with Gasteiger partial charge in [0.2, 0.25) is 5.91 Å². The average Bonchev–Trinajstić information content (AvgIpc) is 3.28. The van der Waals surface area contributed by atoms with Crippen LogP contribution in [0.1, 0.15) is 12.5 Å². The third-order valence-electron chi connectivity index (χ3n) is 5.84. The zero-order valence-electron chi connectivity index (χ0n) is 18.4. The third kappa shape index (κ3) is 3.89. The minimum atomic E-state index is -0.430. The van der Waals surface area contributed by atoms with Gasteiger partial charge in [0.1, 0.15) is 5.75 Å². The molecule has 166 valence electrons. The molecule has 0 fully saturated rings. The Morgan fingerprint density at radius 2 is 1.85 bits per heavy atom. The van der Waals surface area contributed by atoms with Crippen LogP contribution in [0.15, 0.2) is 82.7 Å². The maximum absolute atomic E-state index is 13.5. The molecule has 0 aliphatic carbocycles. The molecule has 6 nitrogen and oxygen atoms in total. The summed E-state index contributed by atoms with van der Waals surface area (Å²) in [5.74, 6) is 0.644. The first-order valence-corrected chi connectivity index (χ1v) is 11.7. The molecule has 0 saturated carbocycles. The van der Waals surface area contributed by atoms with Crippen molar-refractivity contribution in [1.82, 2.24) is 9.55 Å². The standard InChI is InChI=1S/C26H23N3O3S/c1-17(24(30)28-15-14-18-8-3-6-13-23(18)28)33-26-27-22-12-5-4-11-21(22)25(31)29(26)19-9-7-10-20(16-19)32-2/h3-13,16-17H,14-15H2,1-2H3/t17-/m0/s1. The number of benzene rings is 3. The molecule has 0 spiro atoms. The van der Waals surface area contributed by atoms with Gasteiger partial charge in [0.05, 0.1) is 29.0 Å². The second-order valence-electron chi connectivity index (χ2n) is 7.88. The Labute approximate surface area is 195 Å². The molecular formula is C26H23N3O3S. The number of hydrogen-bond donors (Lipinski definition) is 0. The lowest BCUT2D eigenvalue weighted by molar-refractivity contribution is -0.117. The van der Waals surface area contributed by atoms with Crippen LogP contribution in [0.3, 0.4) is 0 Å². The summed E-state index contributed by atoms with van der Waals surface area (Å²) in [6.07, 6.45) is 0.849. The first-order chi connectivity index (χ1) is 16.1. The fraction of sp³-hybridized carbons (Fsp3) is 0.192.